The highest BCUT2D eigenvalue weighted by Crippen LogP contribution is 2.25. The first-order valence-corrected chi connectivity index (χ1v) is 7.16. The smallest absolute Gasteiger partial charge is 0.228 e. The lowest BCUT2D eigenvalue weighted by molar-refractivity contribution is -0.139. The molecular formula is C14H24N2O3. The first-order chi connectivity index (χ1) is 8.90. The Morgan fingerprint density at radius 3 is 2.58 bits per heavy atom. The third-order valence-corrected chi connectivity index (χ3v) is 4.30. The maximum absolute atomic E-state index is 12.4. The Morgan fingerprint density at radius 1 is 1.37 bits per heavy atom. The third-order valence-electron chi connectivity index (χ3n) is 4.30. The highest BCUT2D eigenvalue weighted by molar-refractivity contribution is 5.89. The lowest BCUT2D eigenvalue weighted by Gasteiger charge is -2.35. The summed E-state index contributed by atoms with van der Waals surface area (Å²) in [5.74, 6) is 0.0852. The summed E-state index contributed by atoms with van der Waals surface area (Å²) in [6.45, 7) is 7.67. The fraction of sp³-hybridized carbons (Fsp3) is 0.857. The zero-order valence-electron chi connectivity index (χ0n) is 12.0. The lowest BCUT2D eigenvalue weighted by atomic mass is 9.95. The maximum atomic E-state index is 12.4. The Kier molecular flexibility index (Phi) is 4.13. The van der Waals surface area contributed by atoms with Crippen molar-refractivity contribution in [2.45, 2.75) is 45.8 Å². The van der Waals surface area contributed by atoms with E-state index in [1.54, 1.807) is 4.90 Å². The number of aliphatic hydroxyl groups is 1. The minimum absolute atomic E-state index is 0.0789. The molecule has 0 aliphatic carbocycles. The average molecular weight is 268 g/mol. The van der Waals surface area contributed by atoms with Gasteiger partial charge in [0.1, 0.15) is 0 Å². The molecule has 2 heterocycles. The van der Waals surface area contributed by atoms with Crippen molar-refractivity contribution >= 4 is 11.8 Å². The van der Waals surface area contributed by atoms with Crippen LogP contribution >= 0.6 is 0 Å². The summed E-state index contributed by atoms with van der Waals surface area (Å²) in [5, 5.41) is 9.70. The van der Waals surface area contributed by atoms with Gasteiger partial charge in [0.05, 0.1) is 12.0 Å². The quantitative estimate of drug-likeness (QED) is 0.792. The molecule has 108 valence electrons. The van der Waals surface area contributed by atoms with E-state index in [1.165, 1.54) is 0 Å². The van der Waals surface area contributed by atoms with E-state index in [0.29, 0.717) is 32.5 Å². The second kappa shape index (κ2) is 5.49. The van der Waals surface area contributed by atoms with E-state index in [-0.39, 0.29) is 35.8 Å². The van der Waals surface area contributed by atoms with E-state index in [0.717, 1.165) is 0 Å². The van der Waals surface area contributed by atoms with Gasteiger partial charge in [0.25, 0.3) is 0 Å². The molecule has 5 nitrogen and oxygen atoms in total. The van der Waals surface area contributed by atoms with E-state index in [2.05, 4.69) is 0 Å². The predicted octanol–water partition coefficient (Wildman–Crippen LogP) is 0.473. The number of nitrogens with zero attached hydrogens (tertiary/aromatic N) is 2. The molecule has 0 aromatic rings. The number of piperidine rings is 1. The standard InChI is InChI=1S/C14H24N2O3/c1-9(2)16-8-11(6-13(16)18)14(19)15-5-4-12(17)10(3)7-15/h9-12,17H,4-8H2,1-3H3. The third kappa shape index (κ3) is 2.91. The fourth-order valence-electron chi connectivity index (χ4n) is 2.99. The number of aliphatic hydroxyl groups excluding tert-OH is 1. The maximum Gasteiger partial charge on any atom is 0.228 e. The first-order valence-electron chi connectivity index (χ1n) is 7.16. The van der Waals surface area contributed by atoms with Gasteiger partial charge in [-0.1, -0.05) is 6.92 Å². The van der Waals surface area contributed by atoms with Gasteiger partial charge in [-0.25, -0.2) is 0 Å². The summed E-state index contributed by atoms with van der Waals surface area (Å²) in [5.41, 5.74) is 0. The van der Waals surface area contributed by atoms with Gasteiger partial charge in [0.2, 0.25) is 11.8 Å². The number of carbonyl (C=O) groups excluding carboxylic acids is 2. The Labute approximate surface area is 114 Å². The van der Waals surface area contributed by atoms with Gasteiger partial charge in [0.15, 0.2) is 0 Å². The lowest BCUT2D eigenvalue weighted by Crippen LogP contribution is -2.47. The second-order valence-corrected chi connectivity index (χ2v) is 6.16. The van der Waals surface area contributed by atoms with Crippen LogP contribution in [-0.4, -0.2) is 58.5 Å². The number of rotatable bonds is 2. The molecule has 5 heteroatoms. The van der Waals surface area contributed by atoms with Crippen LogP contribution in [0.25, 0.3) is 0 Å². The van der Waals surface area contributed by atoms with Crippen LogP contribution in [0.5, 0.6) is 0 Å². The van der Waals surface area contributed by atoms with Gasteiger partial charge >= 0.3 is 0 Å². The minimum atomic E-state index is -0.304. The van der Waals surface area contributed by atoms with Crippen LogP contribution in [-0.2, 0) is 9.59 Å². The largest absolute Gasteiger partial charge is 0.393 e. The molecule has 2 rings (SSSR count). The summed E-state index contributed by atoms with van der Waals surface area (Å²) in [7, 11) is 0. The van der Waals surface area contributed by atoms with Crippen LogP contribution in [0.4, 0.5) is 0 Å². The summed E-state index contributed by atoms with van der Waals surface area (Å²) >= 11 is 0. The molecule has 0 saturated carbocycles. The molecule has 0 spiro atoms. The zero-order valence-corrected chi connectivity index (χ0v) is 12.0. The van der Waals surface area contributed by atoms with Crippen molar-refractivity contribution in [2.24, 2.45) is 11.8 Å². The van der Waals surface area contributed by atoms with E-state index in [9.17, 15) is 14.7 Å². The van der Waals surface area contributed by atoms with Crippen LogP contribution in [0.3, 0.4) is 0 Å². The van der Waals surface area contributed by atoms with E-state index < -0.39 is 0 Å². The molecular weight excluding hydrogens is 244 g/mol. The summed E-state index contributed by atoms with van der Waals surface area (Å²) in [4.78, 5) is 27.9. The van der Waals surface area contributed by atoms with Crippen molar-refractivity contribution < 1.29 is 14.7 Å². The fourth-order valence-corrected chi connectivity index (χ4v) is 2.99. The molecule has 3 atom stereocenters. The molecule has 2 aliphatic heterocycles. The van der Waals surface area contributed by atoms with Gasteiger partial charge in [0, 0.05) is 32.1 Å². The summed E-state index contributed by atoms with van der Waals surface area (Å²) < 4.78 is 0. The molecule has 3 unspecified atom stereocenters. The zero-order chi connectivity index (χ0) is 14.2. The van der Waals surface area contributed by atoms with Crippen LogP contribution in [0.2, 0.25) is 0 Å². The molecule has 1 N–H and O–H groups in total. The van der Waals surface area contributed by atoms with Gasteiger partial charge in [-0.2, -0.15) is 0 Å². The van der Waals surface area contributed by atoms with E-state index in [4.69, 9.17) is 0 Å². The van der Waals surface area contributed by atoms with Crippen molar-refractivity contribution in [2.75, 3.05) is 19.6 Å². The summed E-state index contributed by atoms with van der Waals surface area (Å²) in [6.07, 6.45) is 0.674. The predicted molar refractivity (Wildman–Crippen MR) is 71.3 cm³/mol. The highest BCUT2D eigenvalue weighted by atomic mass is 16.3. The molecule has 0 aromatic heterocycles. The Balaban J connectivity index is 1.96. The van der Waals surface area contributed by atoms with Crippen LogP contribution < -0.4 is 0 Å². The van der Waals surface area contributed by atoms with Crippen LogP contribution in [0.15, 0.2) is 0 Å². The molecule has 0 radical (unpaired) electrons. The van der Waals surface area contributed by atoms with Gasteiger partial charge in [-0.15, -0.1) is 0 Å². The Morgan fingerprint density at radius 2 is 2.05 bits per heavy atom. The topological polar surface area (TPSA) is 60.9 Å². The van der Waals surface area contributed by atoms with Gasteiger partial charge in [-0.3, -0.25) is 9.59 Å². The van der Waals surface area contributed by atoms with Crippen LogP contribution in [0, 0.1) is 11.8 Å². The molecule has 2 saturated heterocycles. The van der Waals surface area contributed by atoms with Crippen molar-refractivity contribution in [1.82, 2.24) is 9.80 Å². The van der Waals surface area contributed by atoms with Crippen molar-refractivity contribution in [1.29, 1.82) is 0 Å². The normalized spacial score (nSPS) is 32.3. The molecule has 2 amide bonds. The number of amides is 2. The second-order valence-electron chi connectivity index (χ2n) is 6.16. The first kappa shape index (κ1) is 14.3. The van der Waals surface area contributed by atoms with Gasteiger partial charge in [-0.05, 0) is 26.2 Å². The number of carbonyl (C=O) groups is 2. The number of hydrogen-bond donors (Lipinski definition) is 1. The number of likely N-dealkylation sites (tertiary alicyclic amines) is 2. The summed E-state index contributed by atoms with van der Waals surface area (Å²) in [6, 6.07) is 0.160. The monoisotopic (exact) mass is 268 g/mol. The van der Waals surface area contributed by atoms with Crippen molar-refractivity contribution in [3.05, 3.63) is 0 Å². The molecule has 0 aromatic carbocycles. The van der Waals surface area contributed by atoms with Crippen molar-refractivity contribution in [3.63, 3.8) is 0 Å². The van der Waals surface area contributed by atoms with E-state index in [1.807, 2.05) is 25.7 Å². The van der Waals surface area contributed by atoms with Crippen molar-refractivity contribution in [3.8, 4) is 0 Å². The molecule has 0 bridgehead atoms. The SMILES string of the molecule is CC1CN(C(=O)C2CC(=O)N(C(C)C)C2)CCC1O. The number of hydrogen-bond acceptors (Lipinski definition) is 3. The Bertz CT molecular complexity index is 370. The molecule has 2 aliphatic rings. The van der Waals surface area contributed by atoms with Gasteiger partial charge < -0.3 is 14.9 Å². The molecule has 2 fully saturated rings. The minimum Gasteiger partial charge on any atom is -0.393 e. The van der Waals surface area contributed by atoms with E-state index >= 15 is 0 Å². The highest BCUT2D eigenvalue weighted by Gasteiger charge is 2.39. The average Bonchev–Trinajstić information content (AvgIpc) is 2.74. The molecule has 19 heavy (non-hydrogen) atoms. The Hall–Kier alpha value is -1.10. The van der Waals surface area contributed by atoms with Crippen LogP contribution in [0.1, 0.15) is 33.6 Å².